The molecule has 1 fully saturated rings. The van der Waals surface area contributed by atoms with Gasteiger partial charge in [-0.1, -0.05) is 48.0 Å². The van der Waals surface area contributed by atoms with Crippen LogP contribution in [-0.2, 0) is 20.9 Å². The Morgan fingerprint density at radius 1 is 1.03 bits per heavy atom. The van der Waals surface area contributed by atoms with Crippen LogP contribution >= 0.6 is 0 Å². The van der Waals surface area contributed by atoms with Crippen molar-refractivity contribution in [3.63, 3.8) is 0 Å². The molecule has 30 heavy (non-hydrogen) atoms. The van der Waals surface area contributed by atoms with E-state index in [1.54, 1.807) is 4.90 Å². The fourth-order valence-electron chi connectivity index (χ4n) is 3.45. The molecule has 2 aromatic rings. The summed E-state index contributed by atoms with van der Waals surface area (Å²) >= 11 is 0. The van der Waals surface area contributed by atoms with Crippen LogP contribution in [0.25, 0.3) is 0 Å². The van der Waals surface area contributed by atoms with Crippen molar-refractivity contribution in [2.24, 2.45) is 5.92 Å². The third-order valence-corrected chi connectivity index (χ3v) is 5.16. The van der Waals surface area contributed by atoms with Gasteiger partial charge in [0.25, 0.3) is 5.91 Å². The SMILES string of the molecule is Cc1ccc(CN2C[C@H](C(=O)NNC(=O)COc3c(C)cccc3C)CC2=O)cc1. The van der Waals surface area contributed by atoms with Gasteiger partial charge in [0.15, 0.2) is 6.61 Å². The zero-order chi connectivity index (χ0) is 21.7. The molecule has 0 bridgehead atoms. The van der Waals surface area contributed by atoms with Gasteiger partial charge >= 0.3 is 0 Å². The number of hydrazine groups is 1. The van der Waals surface area contributed by atoms with Gasteiger partial charge in [-0.05, 0) is 37.5 Å². The smallest absolute Gasteiger partial charge is 0.276 e. The quantitative estimate of drug-likeness (QED) is 0.716. The Morgan fingerprint density at radius 3 is 2.37 bits per heavy atom. The van der Waals surface area contributed by atoms with Crippen molar-refractivity contribution >= 4 is 17.7 Å². The number of carbonyl (C=O) groups is 3. The summed E-state index contributed by atoms with van der Waals surface area (Å²) in [5.74, 6) is -0.752. The lowest BCUT2D eigenvalue weighted by molar-refractivity contribution is -0.132. The Bertz CT molecular complexity index is 920. The van der Waals surface area contributed by atoms with Crippen LogP contribution in [0.15, 0.2) is 42.5 Å². The van der Waals surface area contributed by atoms with Gasteiger partial charge in [0.2, 0.25) is 11.8 Å². The lowest BCUT2D eigenvalue weighted by Crippen LogP contribution is -2.46. The van der Waals surface area contributed by atoms with E-state index < -0.39 is 11.8 Å². The highest BCUT2D eigenvalue weighted by molar-refractivity contribution is 5.90. The van der Waals surface area contributed by atoms with E-state index in [2.05, 4.69) is 10.9 Å². The number of para-hydroxylation sites is 1. The average molecular weight is 409 g/mol. The number of aryl methyl sites for hydroxylation is 3. The number of likely N-dealkylation sites (tertiary alicyclic amines) is 1. The largest absolute Gasteiger partial charge is 0.483 e. The minimum absolute atomic E-state index is 0.0691. The molecule has 1 heterocycles. The van der Waals surface area contributed by atoms with Crippen molar-refractivity contribution in [1.82, 2.24) is 15.8 Å². The van der Waals surface area contributed by atoms with Crippen LogP contribution in [0.2, 0.25) is 0 Å². The molecule has 1 aliphatic heterocycles. The summed E-state index contributed by atoms with van der Waals surface area (Å²) in [7, 11) is 0. The van der Waals surface area contributed by atoms with Crippen LogP contribution < -0.4 is 15.6 Å². The number of amides is 3. The van der Waals surface area contributed by atoms with Crippen molar-refractivity contribution in [3.8, 4) is 5.75 Å². The molecule has 1 saturated heterocycles. The fourth-order valence-corrected chi connectivity index (χ4v) is 3.45. The van der Waals surface area contributed by atoms with Gasteiger partial charge in [0.05, 0.1) is 5.92 Å². The second kappa shape index (κ2) is 9.43. The first kappa shape index (κ1) is 21.4. The van der Waals surface area contributed by atoms with Crippen LogP contribution in [0.3, 0.4) is 0 Å². The predicted octanol–water partition coefficient (Wildman–Crippen LogP) is 2.19. The van der Waals surface area contributed by atoms with Gasteiger partial charge in [-0.15, -0.1) is 0 Å². The molecule has 0 saturated carbocycles. The third kappa shape index (κ3) is 5.37. The van der Waals surface area contributed by atoms with E-state index in [1.807, 2.05) is 63.2 Å². The van der Waals surface area contributed by atoms with Crippen LogP contribution in [0, 0.1) is 26.7 Å². The summed E-state index contributed by atoms with van der Waals surface area (Å²) in [6.45, 7) is 6.40. The highest BCUT2D eigenvalue weighted by Gasteiger charge is 2.34. The Balaban J connectivity index is 1.45. The first-order valence-corrected chi connectivity index (χ1v) is 9.94. The van der Waals surface area contributed by atoms with E-state index in [1.165, 1.54) is 0 Å². The highest BCUT2D eigenvalue weighted by atomic mass is 16.5. The number of benzene rings is 2. The zero-order valence-corrected chi connectivity index (χ0v) is 17.5. The highest BCUT2D eigenvalue weighted by Crippen LogP contribution is 2.22. The van der Waals surface area contributed by atoms with E-state index in [0.29, 0.717) is 18.8 Å². The monoisotopic (exact) mass is 409 g/mol. The minimum atomic E-state index is -0.497. The molecule has 0 spiro atoms. The molecule has 158 valence electrons. The summed E-state index contributed by atoms with van der Waals surface area (Å²) in [4.78, 5) is 38.3. The zero-order valence-electron chi connectivity index (χ0n) is 17.5. The van der Waals surface area contributed by atoms with Crippen molar-refractivity contribution in [2.75, 3.05) is 13.2 Å². The second-order valence-electron chi connectivity index (χ2n) is 7.71. The number of carbonyl (C=O) groups excluding carboxylic acids is 3. The molecule has 0 radical (unpaired) electrons. The van der Waals surface area contributed by atoms with E-state index in [-0.39, 0.29) is 24.8 Å². The standard InChI is InChI=1S/C23H27N3O4/c1-15-7-9-18(10-8-15)12-26-13-19(11-21(26)28)23(29)25-24-20(27)14-30-22-16(2)5-4-6-17(22)3/h4-10,19H,11-14H2,1-3H3,(H,24,27)(H,25,29)/t19-/m1/s1. The molecule has 0 aromatic heterocycles. The van der Waals surface area contributed by atoms with Crippen LogP contribution in [0.1, 0.15) is 28.7 Å². The third-order valence-electron chi connectivity index (χ3n) is 5.16. The summed E-state index contributed by atoms with van der Waals surface area (Å²) in [6.07, 6.45) is 0.131. The topological polar surface area (TPSA) is 87.7 Å². The maximum Gasteiger partial charge on any atom is 0.276 e. The molecule has 7 heteroatoms. The molecular formula is C23H27N3O4. The van der Waals surface area contributed by atoms with Gasteiger partial charge < -0.3 is 9.64 Å². The molecule has 1 atom stereocenters. The Hall–Kier alpha value is -3.35. The fraction of sp³-hybridized carbons (Fsp3) is 0.348. The normalized spacial score (nSPS) is 15.8. The molecule has 3 amide bonds. The van der Waals surface area contributed by atoms with E-state index in [9.17, 15) is 14.4 Å². The van der Waals surface area contributed by atoms with Crippen LogP contribution in [-0.4, -0.2) is 35.8 Å². The van der Waals surface area contributed by atoms with Gasteiger partial charge in [-0.3, -0.25) is 25.2 Å². The number of hydrogen-bond acceptors (Lipinski definition) is 4. The van der Waals surface area contributed by atoms with Crippen molar-refractivity contribution in [2.45, 2.75) is 33.7 Å². The molecule has 2 N–H and O–H groups in total. The van der Waals surface area contributed by atoms with Crippen LogP contribution in [0.5, 0.6) is 5.75 Å². The molecular weight excluding hydrogens is 382 g/mol. The second-order valence-corrected chi connectivity index (χ2v) is 7.71. The first-order valence-electron chi connectivity index (χ1n) is 9.94. The number of nitrogens with one attached hydrogen (secondary N) is 2. The lowest BCUT2D eigenvalue weighted by Gasteiger charge is -2.17. The first-order chi connectivity index (χ1) is 14.3. The molecule has 0 aliphatic carbocycles. The summed E-state index contributed by atoms with van der Waals surface area (Å²) < 4.78 is 5.57. The van der Waals surface area contributed by atoms with E-state index >= 15 is 0 Å². The van der Waals surface area contributed by atoms with Gasteiger partial charge in [0.1, 0.15) is 5.75 Å². The number of rotatable bonds is 6. The molecule has 7 nitrogen and oxygen atoms in total. The maximum absolute atomic E-state index is 12.4. The summed E-state index contributed by atoms with van der Waals surface area (Å²) in [5, 5.41) is 0. The number of ether oxygens (including phenoxy) is 1. The van der Waals surface area contributed by atoms with Crippen LogP contribution in [0.4, 0.5) is 0 Å². The summed E-state index contributed by atoms with van der Waals surface area (Å²) in [6, 6.07) is 13.7. The van der Waals surface area contributed by atoms with Gasteiger partial charge in [-0.2, -0.15) is 0 Å². The summed E-state index contributed by atoms with van der Waals surface area (Å²) in [5.41, 5.74) is 8.81. The van der Waals surface area contributed by atoms with Crippen molar-refractivity contribution < 1.29 is 19.1 Å². The van der Waals surface area contributed by atoms with E-state index in [0.717, 1.165) is 22.3 Å². The van der Waals surface area contributed by atoms with Gasteiger partial charge in [0, 0.05) is 19.5 Å². The Kier molecular flexibility index (Phi) is 6.72. The Morgan fingerprint density at radius 2 is 1.70 bits per heavy atom. The van der Waals surface area contributed by atoms with Crippen molar-refractivity contribution in [1.29, 1.82) is 0 Å². The molecule has 2 aromatic carbocycles. The number of hydrogen-bond donors (Lipinski definition) is 2. The van der Waals surface area contributed by atoms with Gasteiger partial charge in [-0.25, -0.2) is 0 Å². The number of nitrogens with zero attached hydrogens (tertiary/aromatic N) is 1. The lowest BCUT2D eigenvalue weighted by atomic mass is 10.1. The van der Waals surface area contributed by atoms with Crippen molar-refractivity contribution in [3.05, 3.63) is 64.7 Å². The molecule has 1 aliphatic rings. The Labute approximate surface area is 176 Å². The maximum atomic E-state index is 12.4. The molecule has 3 rings (SSSR count). The van der Waals surface area contributed by atoms with E-state index in [4.69, 9.17) is 4.74 Å². The minimum Gasteiger partial charge on any atom is -0.483 e. The predicted molar refractivity (Wildman–Crippen MR) is 112 cm³/mol. The average Bonchev–Trinajstić information content (AvgIpc) is 3.08. The molecule has 0 unspecified atom stereocenters.